The van der Waals surface area contributed by atoms with E-state index < -0.39 is 22.7 Å². The second-order valence-electron chi connectivity index (χ2n) is 1.87. The predicted octanol–water partition coefficient (Wildman–Crippen LogP) is -1.65. The molecule has 0 aromatic heterocycles. The van der Waals surface area contributed by atoms with Crippen molar-refractivity contribution in [3.63, 3.8) is 0 Å². The van der Waals surface area contributed by atoms with Crippen molar-refractivity contribution in [2.24, 2.45) is 0 Å². The van der Waals surface area contributed by atoms with Crippen molar-refractivity contribution < 1.29 is 19.8 Å². The van der Waals surface area contributed by atoms with Gasteiger partial charge in [0.15, 0.2) is 0 Å². The Hall–Kier alpha value is 0.780. The summed E-state index contributed by atoms with van der Waals surface area (Å²) < 4.78 is 0. The van der Waals surface area contributed by atoms with Crippen LogP contribution in [-0.4, -0.2) is 60.4 Å². The fourth-order valence-electron chi connectivity index (χ4n) is 0. The number of hydrogen-bond acceptors (Lipinski definition) is 4. The third-order valence-electron chi connectivity index (χ3n) is 0.650. The SMILES string of the molecule is CC(Cl)C(=O)[O-].CC(Cl)C(=O)[O-].[Ca+2]. The van der Waals surface area contributed by atoms with E-state index in [0.717, 1.165) is 0 Å². The maximum Gasteiger partial charge on any atom is 2.00 e. The first-order chi connectivity index (χ1) is 5.29. The van der Waals surface area contributed by atoms with E-state index in [1.54, 1.807) is 0 Å². The number of carboxylic acid groups (broad SMARTS) is 2. The smallest absolute Gasteiger partial charge is 0.549 e. The summed E-state index contributed by atoms with van der Waals surface area (Å²) in [6.45, 7) is 2.69. The third kappa shape index (κ3) is 19.3. The van der Waals surface area contributed by atoms with Crippen molar-refractivity contribution in [2.45, 2.75) is 24.6 Å². The molecule has 0 bridgehead atoms. The van der Waals surface area contributed by atoms with Gasteiger partial charge in [-0.05, 0) is 13.8 Å². The molecular weight excluding hydrogens is 247 g/mol. The van der Waals surface area contributed by atoms with E-state index in [9.17, 15) is 19.8 Å². The standard InChI is InChI=1S/2C3H5ClO2.Ca/c2*1-2(4)3(5)6;/h2*2H,1H3,(H,5,6);/q;;+2/p-2. The third-order valence-corrected chi connectivity index (χ3v) is 1.01. The number of aliphatic carboxylic acids is 2. The van der Waals surface area contributed by atoms with Crippen LogP contribution in [-0.2, 0) is 9.59 Å². The first-order valence-corrected chi connectivity index (χ1v) is 3.86. The topological polar surface area (TPSA) is 80.3 Å². The van der Waals surface area contributed by atoms with Crippen LogP contribution >= 0.6 is 23.2 Å². The summed E-state index contributed by atoms with van der Waals surface area (Å²) in [5, 5.41) is 17.2. The Kier molecular flexibility index (Phi) is 16.2. The molecule has 0 saturated heterocycles. The van der Waals surface area contributed by atoms with Crippen LogP contribution in [0, 0.1) is 0 Å². The number of carbonyl (C=O) groups excluding carboxylic acids is 2. The van der Waals surface area contributed by atoms with Crippen molar-refractivity contribution >= 4 is 72.9 Å². The van der Waals surface area contributed by atoms with E-state index in [0.29, 0.717) is 0 Å². The number of carbonyl (C=O) groups is 2. The summed E-state index contributed by atoms with van der Waals surface area (Å²) in [6, 6.07) is 0. The Morgan fingerprint density at radius 2 is 1.08 bits per heavy atom. The summed E-state index contributed by atoms with van der Waals surface area (Å²) in [6.07, 6.45) is 0. The van der Waals surface area contributed by atoms with Gasteiger partial charge >= 0.3 is 37.7 Å². The molecule has 7 heteroatoms. The van der Waals surface area contributed by atoms with Gasteiger partial charge in [-0.2, -0.15) is 0 Å². The molecule has 13 heavy (non-hydrogen) atoms. The second-order valence-corrected chi connectivity index (χ2v) is 3.18. The molecule has 0 aliphatic rings. The van der Waals surface area contributed by atoms with Crippen LogP contribution in [0.5, 0.6) is 0 Å². The second kappa shape index (κ2) is 10.9. The van der Waals surface area contributed by atoms with Gasteiger partial charge in [0.25, 0.3) is 0 Å². The predicted molar refractivity (Wildman–Crippen MR) is 46.4 cm³/mol. The van der Waals surface area contributed by atoms with Crippen LogP contribution < -0.4 is 10.2 Å². The number of halogens is 2. The normalized spacial score (nSPS) is 12.6. The van der Waals surface area contributed by atoms with Gasteiger partial charge in [-0.15, -0.1) is 23.2 Å². The van der Waals surface area contributed by atoms with Crippen LogP contribution in [0.2, 0.25) is 0 Å². The molecule has 0 fully saturated rings. The Labute approximate surface area is 116 Å². The van der Waals surface area contributed by atoms with E-state index in [4.69, 9.17) is 23.2 Å². The van der Waals surface area contributed by atoms with E-state index in [1.165, 1.54) is 13.8 Å². The fraction of sp³-hybridized carbons (Fsp3) is 0.667. The number of rotatable bonds is 2. The molecule has 0 aliphatic carbocycles. The molecule has 2 atom stereocenters. The summed E-state index contributed by atoms with van der Waals surface area (Å²) >= 11 is 9.90. The van der Waals surface area contributed by atoms with Crippen molar-refractivity contribution in [1.82, 2.24) is 0 Å². The van der Waals surface area contributed by atoms with Gasteiger partial charge in [-0.25, -0.2) is 0 Å². The molecule has 72 valence electrons. The van der Waals surface area contributed by atoms with Gasteiger partial charge in [0.1, 0.15) is 0 Å². The minimum Gasteiger partial charge on any atom is -0.549 e. The van der Waals surface area contributed by atoms with Crippen LogP contribution in [0.3, 0.4) is 0 Å². The molecule has 0 spiro atoms. The van der Waals surface area contributed by atoms with Crippen molar-refractivity contribution in [2.75, 3.05) is 0 Å². The van der Waals surface area contributed by atoms with Gasteiger partial charge in [0.2, 0.25) is 0 Å². The largest absolute Gasteiger partial charge is 2.00 e. The molecule has 0 rings (SSSR count). The van der Waals surface area contributed by atoms with E-state index in [1.807, 2.05) is 0 Å². The van der Waals surface area contributed by atoms with Gasteiger partial charge in [0, 0.05) is 0 Å². The van der Waals surface area contributed by atoms with Gasteiger partial charge in [-0.3, -0.25) is 0 Å². The van der Waals surface area contributed by atoms with Crippen LogP contribution in [0.25, 0.3) is 0 Å². The average molecular weight is 255 g/mol. The minimum atomic E-state index is -1.23. The van der Waals surface area contributed by atoms with E-state index in [2.05, 4.69) is 0 Å². The molecule has 0 N–H and O–H groups in total. The zero-order chi connectivity index (χ0) is 10.3. The summed E-state index contributed by atoms with van der Waals surface area (Å²) in [4.78, 5) is 18.9. The van der Waals surface area contributed by atoms with Crippen LogP contribution in [0.15, 0.2) is 0 Å². The number of hydrogen-bond donors (Lipinski definition) is 0. The zero-order valence-electron chi connectivity index (χ0n) is 7.25. The number of alkyl halides is 2. The molecule has 0 saturated carbocycles. The Morgan fingerprint density at radius 1 is 1.00 bits per heavy atom. The van der Waals surface area contributed by atoms with Gasteiger partial charge in [-0.1, -0.05) is 0 Å². The van der Waals surface area contributed by atoms with Crippen LogP contribution in [0.1, 0.15) is 13.8 Å². The summed E-state index contributed by atoms with van der Waals surface area (Å²) in [5.74, 6) is -2.45. The van der Waals surface area contributed by atoms with Crippen LogP contribution in [0.4, 0.5) is 0 Å². The van der Waals surface area contributed by atoms with Crippen molar-refractivity contribution in [3.8, 4) is 0 Å². The zero-order valence-corrected chi connectivity index (χ0v) is 11.0. The molecular formula is C6H8CaCl2O4. The average Bonchev–Trinajstić information content (AvgIpc) is 1.88. The summed E-state index contributed by atoms with van der Waals surface area (Å²) in [5.41, 5.74) is 0. The van der Waals surface area contributed by atoms with Crippen molar-refractivity contribution in [3.05, 3.63) is 0 Å². The maximum atomic E-state index is 9.46. The maximum absolute atomic E-state index is 9.46. The van der Waals surface area contributed by atoms with Gasteiger partial charge in [0.05, 0.1) is 22.7 Å². The Balaban J connectivity index is -0.000000143. The molecule has 0 aromatic rings. The minimum absolute atomic E-state index is 0. The molecule has 0 aliphatic heterocycles. The Bertz CT molecular complexity index is 143. The molecule has 0 amide bonds. The molecule has 2 unspecified atom stereocenters. The van der Waals surface area contributed by atoms with E-state index in [-0.39, 0.29) is 37.7 Å². The Morgan fingerprint density at radius 3 is 1.08 bits per heavy atom. The first-order valence-electron chi connectivity index (χ1n) is 2.98. The monoisotopic (exact) mass is 254 g/mol. The molecule has 4 nitrogen and oxygen atoms in total. The molecule has 0 heterocycles. The first kappa shape index (κ1) is 19.4. The summed E-state index contributed by atoms with van der Waals surface area (Å²) in [7, 11) is 0. The quantitative estimate of drug-likeness (QED) is 0.437. The fourth-order valence-corrected chi connectivity index (χ4v) is 0. The van der Waals surface area contributed by atoms with Gasteiger partial charge < -0.3 is 19.8 Å². The molecule has 0 aromatic carbocycles. The number of carboxylic acids is 2. The van der Waals surface area contributed by atoms with Crippen molar-refractivity contribution in [1.29, 1.82) is 0 Å². The van der Waals surface area contributed by atoms with E-state index >= 15 is 0 Å². The molecule has 0 radical (unpaired) electrons.